The molecule has 204 valence electrons. The maximum Gasteiger partial charge on any atom is 0.433 e. The van der Waals surface area contributed by atoms with Gasteiger partial charge in [0.25, 0.3) is 5.91 Å². The van der Waals surface area contributed by atoms with Crippen LogP contribution in [-0.4, -0.2) is 64.1 Å². The van der Waals surface area contributed by atoms with Gasteiger partial charge in [0.1, 0.15) is 11.4 Å². The van der Waals surface area contributed by atoms with E-state index in [9.17, 15) is 18.0 Å². The molecule has 0 spiro atoms. The molecule has 3 aromatic rings. The predicted molar refractivity (Wildman–Crippen MR) is 140 cm³/mol. The SMILES string of the molecule is Cc1nc(C(F)(F)F)ccc1C(=O)N1CCC(n2ccc3cc(OCCCN4CCC[C@H]4C)ccc32)CC1. The van der Waals surface area contributed by atoms with E-state index in [0.717, 1.165) is 48.5 Å². The molecule has 5 rings (SSSR count). The summed E-state index contributed by atoms with van der Waals surface area (Å²) in [5, 5.41) is 1.13. The molecular formula is C29H35F3N4O2. The van der Waals surface area contributed by atoms with Gasteiger partial charge in [-0.3, -0.25) is 4.79 Å². The molecule has 2 saturated heterocycles. The highest BCUT2D eigenvalue weighted by molar-refractivity contribution is 5.95. The third-order valence-electron chi connectivity index (χ3n) is 7.99. The van der Waals surface area contributed by atoms with Crippen LogP contribution in [0.3, 0.4) is 0 Å². The summed E-state index contributed by atoms with van der Waals surface area (Å²) >= 11 is 0. The van der Waals surface area contributed by atoms with E-state index in [0.29, 0.717) is 25.7 Å². The number of amides is 1. The Morgan fingerprint density at radius 2 is 1.87 bits per heavy atom. The van der Waals surface area contributed by atoms with Gasteiger partial charge < -0.3 is 19.1 Å². The topological polar surface area (TPSA) is 50.6 Å². The molecule has 38 heavy (non-hydrogen) atoms. The normalized spacial score (nSPS) is 19.4. The maximum absolute atomic E-state index is 13.0. The molecule has 0 unspecified atom stereocenters. The van der Waals surface area contributed by atoms with Crippen molar-refractivity contribution in [3.63, 3.8) is 0 Å². The molecule has 2 aromatic heterocycles. The van der Waals surface area contributed by atoms with Crippen molar-refractivity contribution in [2.45, 2.75) is 64.2 Å². The number of halogens is 3. The van der Waals surface area contributed by atoms with Crippen molar-refractivity contribution >= 4 is 16.8 Å². The van der Waals surface area contributed by atoms with E-state index in [2.05, 4.69) is 45.8 Å². The molecule has 0 saturated carbocycles. The smallest absolute Gasteiger partial charge is 0.433 e. The van der Waals surface area contributed by atoms with Gasteiger partial charge in [-0.1, -0.05) is 0 Å². The van der Waals surface area contributed by atoms with Crippen LogP contribution in [0.15, 0.2) is 42.6 Å². The number of piperidine rings is 1. The van der Waals surface area contributed by atoms with Crippen molar-refractivity contribution in [2.75, 3.05) is 32.8 Å². The van der Waals surface area contributed by atoms with Crippen LogP contribution >= 0.6 is 0 Å². The van der Waals surface area contributed by atoms with E-state index >= 15 is 0 Å². The molecule has 9 heteroatoms. The highest BCUT2D eigenvalue weighted by Gasteiger charge is 2.34. The first kappa shape index (κ1) is 26.5. The van der Waals surface area contributed by atoms with Crippen LogP contribution in [0.1, 0.15) is 66.8 Å². The molecular weight excluding hydrogens is 493 g/mol. The monoisotopic (exact) mass is 528 g/mol. The third kappa shape index (κ3) is 5.67. The highest BCUT2D eigenvalue weighted by Crippen LogP contribution is 2.32. The first-order valence-corrected chi connectivity index (χ1v) is 13.5. The molecule has 2 aliphatic heterocycles. The van der Waals surface area contributed by atoms with Crippen molar-refractivity contribution in [1.82, 2.24) is 19.4 Å². The number of carbonyl (C=O) groups is 1. The minimum atomic E-state index is -4.52. The quantitative estimate of drug-likeness (QED) is 0.348. The summed E-state index contributed by atoms with van der Waals surface area (Å²) in [6.45, 7) is 7.81. The maximum atomic E-state index is 13.0. The fraction of sp³-hybridized carbons (Fsp3) is 0.517. The standard InChI is InChI=1S/C29H35F3N4O2/c1-20-5-3-13-34(20)14-4-18-38-24-6-8-26-22(19-24)10-17-36(26)23-11-15-35(16-12-23)28(37)25-7-9-27(29(30,31)32)33-21(25)2/h6-10,17,19-20,23H,3-5,11-16,18H2,1-2H3/t20-/m1/s1. The van der Waals surface area contributed by atoms with Crippen LogP contribution < -0.4 is 4.74 Å². The lowest BCUT2D eigenvalue weighted by molar-refractivity contribution is -0.141. The number of aromatic nitrogens is 2. The lowest BCUT2D eigenvalue weighted by Gasteiger charge is -2.33. The Balaban J connectivity index is 1.16. The Morgan fingerprint density at radius 1 is 1.08 bits per heavy atom. The van der Waals surface area contributed by atoms with Crippen molar-refractivity contribution in [2.24, 2.45) is 0 Å². The highest BCUT2D eigenvalue weighted by atomic mass is 19.4. The molecule has 1 amide bonds. The van der Waals surface area contributed by atoms with Gasteiger partial charge in [-0.25, -0.2) is 4.98 Å². The molecule has 0 N–H and O–H groups in total. The van der Waals surface area contributed by atoms with Crippen LogP contribution in [0.25, 0.3) is 10.9 Å². The second-order valence-corrected chi connectivity index (χ2v) is 10.5. The number of hydrogen-bond donors (Lipinski definition) is 0. The summed E-state index contributed by atoms with van der Waals surface area (Å²) in [5.41, 5.74) is 0.489. The van der Waals surface area contributed by atoms with Gasteiger partial charge in [0, 0.05) is 48.8 Å². The van der Waals surface area contributed by atoms with Crippen molar-refractivity contribution in [3.8, 4) is 5.75 Å². The number of rotatable bonds is 7. The van der Waals surface area contributed by atoms with Gasteiger partial charge >= 0.3 is 6.18 Å². The zero-order chi connectivity index (χ0) is 26.9. The van der Waals surface area contributed by atoms with E-state index in [1.54, 1.807) is 4.90 Å². The molecule has 1 atom stereocenters. The minimum absolute atomic E-state index is 0.104. The molecule has 4 heterocycles. The molecule has 6 nitrogen and oxygen atoms in total. The number of benzene rings is 1. The number of hydrogen-bond acceptors (Lipinski definition) is 4. The van der Waals surface area contributed by atoms with Crippen LogP contribution in [0, 0.1) is 6.92 Å². The van der Waals surface area contributed by atoms with Gasteiger partial charge in [-0.15, -0.1) is 0 Å². The number of alkyl halides is 3. The summed E-state index contributed by atoms with van der Waals surface area (Å²) in [7, 11) is 0. The first-order chi connectivity index (χ1) is 18.2. The summed E-state index contributed by atoms with van der Waals surface area (Å²) in [4.78, 5) is 20.9. The number of ether oxygens (including phenoxy) is 1. The van der Waals surface area contributed by atoms with Gasteiger partial charge in [0.2, 0.25) is 0 Å². The van der Waals surface area contributed by atoms with Crippen molar-refractivity contribution in [1.29, 1.82) is 0 Å². The molecule has 0 aliphatic carbocycles. The van der Waals surface area contributed by atoms with Gasteiger partial charge in [0.05, 0.1) is 17.9 Å². The average molecular weight is 529 g/mol. The summed E-state index contributed by atoms with van der Waals surface area (Å²) in [6, 6.07) is 11.4. The van der Waals surface area contributed by atoms with Crippen LogP contribution in [-0.2, 0) is 6.18 Å². The fourth-order valence-corrected chi connectivity index (χ4v) is 5.80. The van der Waals surface area contributed by atoms with E-state index in [-0.39, 0.29) is 23.2 Å². The lowest BCUT2D eigenvalue weighted by Crippen LogP contribution is -2.39. The second kappa shape index (κ2) is 11.0. The molecule has 0 radical (unpaired) electrons. The zero-order valence-electron chi connectivity index (χ0n) is 22.0. The molecule has 0 bridgehead atoms. The van der Waals surface area contributed by atoms with Gasteiger partial charge in [0.15, 0.2) is 0 Å². The Hall–Kier alpha value is -3.07. The van der Waals surface area contributed by atoms with Gasteiger partial charge in [-0.2, -0.15) is 13.2 Å². The molecule has 1 aromatic carbocycles. The van der Waals surface area contributed by atoms with Crippen molar-refractivity contribution in [3.05, 3.63) is 59.5 Å². The van der Waals surface area contributed by atoms with Crippen molar-refractivity contribution < 1.29 is 22.7 Å². The summed E-state index contributed by atoms with van der Waals surface area (Å²) < 4.78 is 47.1. The third-order valence-corrected chi connectivity index (χ3v) is 7.99. The van der Waals surface area contributed by atoms with E-state index in [1.165, 1.54) is 32.4 Å². The van der Waals surface area contributed by atoms with Crippen LogP contribution in [0.4, 0.5) is 13.2 Å². The number of aryl methyl sites for hydroxylation is 1. The zero-order valence-corrected chi connectivity index (χ0v) is 22.0. The Labute approximate surface area is 221 Å². The lowest BCUT2D eigenvalue weighted by atomic mass is 10.0. The van der Waals surface area contributed by atoms with Gasteiger partial charge in [-0.05, 0) is 88.9 Å². The first-order valence-electron chi connectivity index (χ1n) is 13.5. The number of pyridine rings is 1. The number of likely N-dealkylation sites (tertiary alicyclic amines) is 2. The summed E-state index contributed by atoms with van der Waals surface area (Å²) in [5.74, 6) is 0.617. The predicted octanol–water partition coefficient (Wildman–Crippen LogP) is 6.09. The Bertz CT molecular complexity index is 1280. The van der Waals surface area contributed by atoms with E-state index in [4.69, 9.17) is 4.74 Å². The number of fused-ring (bicyclic) bond motifs is 1. The fourth-order valence-electron chi connectivity index (χ4n) is 5.80. The van der Waals surface area contributed by atoms with Crippen LogP contribution in [0.2, 0.25) is 0 Å². The molecule has 2 fully saturated rings. The Kier molecular flexibility index (Phi) is 7.66. The van der Waals surface area contributed by atoms with E-state index in [1.807, 2.05) is 6.07 Å². The Morgan fingerprint density at radius 3 is 2.55 bits per heavy atom. The molecule has 2 aliphatic rings. The average Bonchev–Trinajstić information content (AvgIpc) is 3.51. The number of carbonyl (C=O) groups excluding carboxylic acids is 1. The number of nitrogens with zero attached hydrogens (tertiary/aromatic N) is 4. The second-order valence-electron chi connectivity index (χ2n) is 10.5. The van der Waals surface area contributed by atoms with Crippen LogP contribution in [0.5, 0.6) is 5.75 Å². The summed E-state index contributed by atoms with van der Waals surface area (Å²) in [6.07, 6.45) is 2.72. The van der Waals surface area contributed by atoms with E-state index < -0.39 is 11.9 Å². The minimum Gasteiger partial charge on any atom is -0.494 e. The largest absolute Gasteiger partial charge is 0.494 e.